The molecule has 3 heterocycles. The molecule has 2 aromatic heterocycles. The number of aromatic amines is 1. The monoisotopic (exact) mass is 434 g/mol. The standard InChI is InChI=1S/C20H26N4O3S2/c21-18(26)12-5-8-24(9-6-12)16(25)7-10-28-11-15-22-19(27)17-13-3-1-2-4-14(13)29-20(17)23-15/h12H,1-11H2,(H2,21,26)(H,22,23,27). The highest BCUT2D eigenvalue weighted by Gasteiger charge is 2.25. The minimum absolute atomic E-state index is 0.0293. The number of H-pyrrole nitrogens is 1. The molecule has 29 heavy (non-hydrogen) atoms. The number of likely N-dealkylation sites (tertiary alicyclic amines) is 1. The molecule has 0 radical (unpaired) electrons. The lowest BCUT2D eigenvalue weighted by Gasteiger charge is -2.30. The summed E-state index contributed by atoms with van der Waals surface area (Å²) in [5, 5.41) is 0.785. The van der Waals surface area contributed by atoms with Crippen LogP contribution >= 0.6 is 23.1 Å². The zero-order valence-corrected chi connectivity index (χ0v) is 18.0. The predicted molar refractivity (Wildman–Crippen MR) is 116 cm³/mol. The normalized spacial score (nSPS) is 17.4. The summed E-state index contributed by atoms with van der Waals surface area (Å²) < 4.78 is 0. The van der Waals surface area contributed by atoms with E-state index in [-0.39, 0.29) is 23.3 Å². The number of fused-ring (bicyclic) bond motifs is 3. The van der Waals surface area contributed by atoms with Gasteiger partial charge in [-0.05, 0) is 44.1 Å². The van der Waals surface area contributed by atoms with Crippen LogP contribution in [0.15, 0.2) is 4.79 Å². The van der Waals surface area contributed by atoms with Crippen LogP contribution in [0, 0.1) is 5.92 Å². The fourth-order valence-corrected chi connectivity index (χ4v) is 6.25. The molecular formula is C20H26N4O3S2. The van der Waals surface area contributed by atoms with Gasteiger partial charge in [0.1, 0.15) is 10.7 Å². The Bertz CT molecular complexity index is 976. The predicted octanol–water partition coefficient (Wildman–Crippen LogP) is 2.21. The molecule has 9 heteroatoms. The third-order valence-corrected chi connectivity index (χ3v) is 7.98. The number of carbonyl (C=O) groups excluding carboxylic acids is 2. The molecule has 3 N–H and O–H groups in total. The van der Waals surface area contributed by atoms with Gasteiger partial charge in [0, 0.05) is 36.1 Å². The van der Waals surface area contributed by atoms with Crippen LogP contribution in [0.5, 0.6) is 0 Å². The molecule has 0 bridgehead atoms. The average molecular weight is 435 g/mol. The number of amides is 2. The summed E-state index contributed by atoms with van der Waals surface area (Å²) in [6, 6.07) is 0. The number of primary amides is 1. The summed E-state index contributed by atoms with van der Waals surface area (Å²) in [7, 11) is 0. The van der Waals surface area contributed by atoms with E-state index in [1.54, 1.807) is 23.1 Å². The quantitative estimate of drug-likeness (QED) is 0.678. The van der Waals surface area contributed by atoms with Crippen molar-refractivity contribution < 1.29 is 9.59 Å². The Labute approximate surface area is 177 Å². The van der Waals surface area contributed by atoms with Crippen molar-refractivity contribution in [1.29, 1.82) is 0 Å². The number of aromatic nitrogens is 2. The molecule has 2 aliphatic rings. The molecule has 0 spiro atoms. The molecule has 156 valence electrons. The second-order valence-electron chi connectivity index (χ2n) is 7.76. The molecule has 7 nitrogen and oxygen atoms in total. The first kappa shape index (κ1) is 20.4. The van der Waals surface area contributed by atoms with Gasteiger partial charge in [-0.25, -0.2) is 4.98 Å². The lowest BCUT2D eigenvalue weighted by atomic mass is 9.96. The van der Waals surface area contributed by atoms with Crippen LogP contribution in [0.1, 0.15) is 48.4 Å². The maximum Gasteiger partial charge on any atom is 0.259 e. The Morgan fingerprint density at radius 3 is 2.76 bits per heavy atom. The van der Waals surface area contributed by atoms with Gasteiger partial charge in [0.2, 0.25) is 11.8 Å². The van der Waals surface area contributed by atoms with Crippen molar-refractivity contribution in [2.45, 2.75) is 50.7 Å². The van der Waals surface area contributed by atoms with E-state index >= 15 is 0 Å². The Kier molecular flexibility index (Phi) is 6.24. The zero-order chi connectivity index (χ0) is 20.4. The third-order valence-electron chi connectivity index (χ3n) is 5.82. The van der Waals surface area contributed by atoms with E-state index in [2.05, 4.69) is 9.97 Å². The molecule has 0 aromatic carbocycles. The molecule has 1 fully saturated rings. The molecule has 1 aliphatic heterocycles. The molecular weight excluding hydrogens is 408 g/mol. The molecule has 4 rings (SSSR count). The maximum absolute atomic E-state index is 12.6. The number of piperidine rings is 1. The van der Waals surface area contributed by atoms with Gasteiger partial charge in [-0.3, -0.25) is 14.4 Å². The van der Waals surface area contributed by atoms with Gasteiger partial charge < -0.3 is 15.6 Å². The largest absolute Gasteiger partial charge is 0.369 e. The van der Waals surface area contributed by atoms with E-state index in [9.17, 15) is 14.4 Å². The van der Waals surface area contributed by atoms with Crippen molar-refractivity contribution in [3.05, 3.63) is 26.6 Å². The number of thiophene rings is 1. The molecule has 0 unspecified atom stereocenters. The fraction of sp³-hybridized carbons (Fsp3) is 0.600. The minimum Gasteiger partial charge on any atom is -0.369 e. The van der Waals surface area contributed by atoms with Crippen LogP contribution in [-0.2, 0) is 28.2 Å². The maximum atomic E-state index is 12.6. The van der Waals surface area contributed by atoms with Gasteiger partial charge in [-0.15, -0.1) is 11.3 Å². The number of carbonyl (C=O) groups is 2. The number of nitrogens with zero attached hydrogens (tertiary/aromatic N) is 2. The summed E-state index contributed by atoms with van der Waals surface area (Å²) in [4.78, 5) is 47.7. The lowest BCUT2D eigenvalue weighted by molar-refractivity contribution is -0.134. The first-order valence-corrected chi connectivity index (χ1v) is 12.2. The van der Waals surface area contributed by atoms with E-state index in [0.29, 0.717) is 49.7 Å². The number of hydrogen-bond donors (Lipinski definition) is 2. The average Bonchev–Trinajstić information content (AvgIpc) is 3.10. The van der Waals surface area contributed by atoms with Gasteiger partial charge in [0.25, 0.3) is 5.56 Å². The van der Waals surface area contributed by atoms with E-state index in [1.807, 2.05) is 4.90 Å². The third kappa shape index (κ3) is 4.50. The zero-order valence-electron chi connectivity index (χ0n) is 16.4. The van der Waals surface area contributed by atoms with Crippen molar-refractivity contribution in [3.63, 3.8) is 0 Å². The van der Waals surface area contributed by atoms with Crippen molar-refractivity contribution >= 4 is 45.1 Å². The van der Waals surface area contributed by atoms with Gasteiger partial charge in [0.15, 0.2) is 0 Å². The SMILES string of the molecule is NC(=O)C1CCN(C(=O)CCSCc2nc3sc4c(c3c(=O)[nH]2)CCCC4)CC1. The van der Waals surface area contributed by atoms with Crippen molar-refractivity contribution in [3.8, 4) is 0 Å². The second kappa shape index (κ2) is 8.87. The van der Waals surface area contributed by atoms with E-state index in [4.69, 9.17) is 5.73 Å². The van der Waals surface area contributed by atoms with Crippen LogP contribution in [0.3, 0.4) is 0 Å². The van der Waals surface area contributed by atoms with Gasteiger partial charge in [-0.2, -0.15) is 11.8 Å². The summed E-state index contributed by atoms with van der Waals surface area (Å²) in [5.41, 5.74) is 6.51. The van der Waals surface area contributed by atoms with Crippen LogP contribution in [-0.4, -0.2) is 45.5 Å². The Morgan fingerprint density at radius 2 is 2.00 bits per heavy atom. The summed E-state index contributed by atoms with van der Waals surface area (Å²) >= 11 is 3.27. The van der Waals surface area contributed by atoms with E-state index in [0.717, 1.165) is 29.5 Å². The summed E-state index contributed by atoms with van der Waals surface area (Å²) in [5.74, 6) is 1.69. The summed E-state index contributed by atoms with van der Waals surface area (Å²) in [6.45, 7) is 1.21. The number of nitrogens with two attached hydrogens (primary N) is 1. The Hall–Kier alpha value is -1.87. The molecule has 0 saturated carbocycles. The first-order chi connectivity index (χ1) is 14.0. The highest BCUT2D eigenvalue weighted by Crippen LogP contribution is 2.33. The number of hydrogen-bond acceptors (Lipinski definition) is 6. The molecule has 1 saturated heterocycles. The highest BCUT2D eigenvalue weighted by atomic mass is 32.2. The van der Waals surface area contributed by atoms with Crippen molar-refractivity contribution in [2.75, 3.05) is 18.8 Å². The number of thioether (sulfide) groups is 1. The minimum atomic E-state index is -0.266. The topological polar surface area (TPSA) is 109 Å². The van der Waals surface area contributed by atoms with Crippen molar-refractivity contribution in [1.82, 2.24) is 14.9 Å². The number of aryl methyl sites for hydroxylation is 2. The van der Waals surface area contributed by atoms with Crippen LogP contribution in [0.4, 0.5) is 0 Å². The highest BCUT2D eigenvalue weighted by molar-refractivity contribution is 7.98. The van der Waals surface area contributed by atoms with Gasteiger partial charge >= 0.3 is 0 Å². The van der Waals surface area contributed by atoms with Crippen LogP contribution in [0.2, 0.25) is 0 Å². The van der Waals surface area contributed by atoms with Crippen molar-refractivity contribution in [2.24, 2.45) is 11.7 Å². The fourth-order valence-electron chi connectivity index (χ4n) is 4.18. The Balaban J connectivity index is 1.29. The van der Waals surface area contributed by atoms with Gasteiger partial charge in [0.05, 0.1) is 11.1 Å². The van der Waals surface area contributed by atoms with E-state index in [1.165, 1.54) is 16.9 Å². The molecule has 2 amide bonds. The first-order valence-electron chi connectivity index (χ1n) is 10.2. The molecule has 1 aliphatic carbocycles. The lowest BCUT2D eigenvalue weighted by Crippen LogP contribution is -2.41. The van der Waals surface area contributed by atoms with Crippen LogP contribution in [0.25, 0.3) is 10.2 Å². The van der Waals surface area contributed by atoms with Crippen LogP contribution < -0.4 is 11.3 Å². The smallest absolute Gasteiger partial charge is 0.259 e. The summed E-state index contributed by atoms with van der Waals surface area (Å²) in [6.07, 6.45) is 6.13. The van der Waals surface area contributed by atoms with Gasteiger partial charge in [-0.1, -0.05) is 0 Å². The second-order valence-corrected chi connectivity index (χ2v) is 9.95. The number of rotatable bonds is 6. The molecule has 2 aromatic rings. The van der Waals surface area contributed by atoms with E-state index < -0.39 is 0 Å². The number of nitrogens with one attached hydrogen (secondary N) is 1. The Morgan fingerprint density at radius 1 is 1.24 bits per heavy atom. The molecule has 0 atom stereocenters.